The van der Waals surface area contributed by atoms with Crippen molar-refractivity contribution in [1.29, 1.82) is 0 Å². The maximum absolute atomic E-state index is 2.41. The predicted octanol–water partition coefficient (Wildman–Crippen LogP) is 7.20. The molecule has 118 valence electrons. The summed E-state index contributed by atoms with van der Waals surface area (Å²) in [4.78, 5) is 0. The fourth-order valence-corrected chi connectivity index (χ4v) is 4.04. The van der Waals surface area contributed by atoms with Crippen molar-refractivity contribution in [3.05, 3.63) is 35.4 Å². The van der Waals surface area contributed by atoms with Crippen LogP contribution in [0.2, 0.25) is 0 Å². The molecule has 0 radical (unpaired) electrons. The molecule has 0 fully saturated rings. The molecule has 0 N–H and O–H groups in total. The van der Waals surface area contributed by atoms with Crippen molar-refractivity contribution in [3.63, 3.8) is 0 Å². The zero-order chi connectivity index (χ0) is 14.9. The first-order valence-corrected chi connectivity index (χ1v) is 9.45. The second kappa shape index (κ2) is 9.28. The van der Waals surface area contributed by atoms with Gasteiger partial charge in [0.1, 0.15) is 0 Å². The number of hydrogen-bond donors (Lipinski definition) is 0. The van der Waals surface area contributed by atoms with E-state index in [9.17, 15) is 0 Å². The molecule has 2 unspecified atom stereocenters. The summed E-state index contributed by atoms with van der Waals surface area (Å²) < 4.78 is 0. The van der Waals surface area contributed by atoms with E-state index in [2.05, 4.69) is 38.1 Å². The van der Waals surface area contributed by atoms with E-state index in [0.717, 1.165) is 11.8 Å². The van der Waals surface area contributed by atoms with Gasteiger partial charge < -0.3 is 0 Å². The Morgan fingerprint density at radius 1 is 0.762 bits per heavy atom. The molecule has 0 heteroatoms. The Balaban J connectivity index is 1.77. The van der Waals surface area contributed by atoms with Crippen LogP contribution in [0.4, 0.5) is 0 Å². The Morgan fingerprint density at radius 2 is 1.33 bits per heavy atom. The van der Waals surface area contributed by atoms with E-state index in [-0.39, 0.29) is 0 Å². The first kappa shape index (κ1) is 16.6. The summed E-state index contributed by atoms with van der Waals surface area (Å²) in [5.41, 5.74) is 3.35. The minimum absolute atomic E-state index is 0.825. The third-order valence-electron chi connectivity index (χ3n) is 5.39. The monoisotopic (exact) mass is 286 g/mol. The average Bonchev–Trinajstić information content (AvgIpc) is 2.54. The Labute approximate surface area is 132 Å². The van der Waals surface area contributed by atoms with Crippen molar-refractivity contribution in [2.75, 3.05) is 0 Å². The molecule has 1 aliphatic carbocycles. The molecule has 0 spiro atoms. The summed E-state index contributed by atoms with van der Waals surface area (Å²) >= 11 is 0. The highest BCUT2D eigenvalue weighted by molar-refractivity contribution is 5.35. The summed E-state index contributed by atoms with van der Waals surface area (Å²) in [6.45, 7) is 4.64. The van der Waals surface area contributed by atoms with Crippen LogP contribution in [0.5, 0.6) is 0 Å². The second-order valence-corrected chi connectivity index (χ2v) is 6.92. The van der Waals surface area contributed by atoms with Crippen molar-refractivity contribution in [3.8, 4) is 0 Å². The van der Waals surface area contributed by atoms with Gasteiger partial charge in [-0.25, -0.2) is 0 Å². The summed E-state index contributed by atoms with van der Waals surface area (Å²) in [6.07, 6.45) is 15.6. The zero-order valence-corrected chi connectivity index (χ0v) is 14.2. The lowest BCUT2D eigenvalue weighted by Crippen LogP contribution is -2.14. The predicted molar refractivity (Wildman–Crippen MR) is 94.1 cm³/mol. The van der Waals surface area contributed by atoms with Crippen LogP contribution in [0.3, 0.4) is 0 Å². The van der Waals surface area contributed by atoms with E-state index in [1.54, 1.807) is 11.1 Å². The molecule has 0 aromatic heterocycles. The first-order valence-electron chi connectivity index (χ1n) is 9.45. The molecule has 21 heavy (non-hydrogen) atoms. The maximum Gasteiger partial charge on any atom is -0.0159 e. The van der Waals surface area contributed by atoms with Crippen molar-refractivity contribution >= 4 is 0 Å². The topological polar surface area (TPSA) is 0 Å². The van der Waals surface area contributed by atoms with Gasteiger partial charge in [-0.2, -0.15) is 0 Å². The van der Waals surface area contributed by atoms with Gasteiger partial charge in [-0.3, -0.25) is 0 Å². The lowest BCUT2D eigenvalue weighted by atomic mass is 9.74. The van der Waals surface area contributed by atoms with Crippen molar-refractivity contribution < 1.29 is 0 Å². The van der Waals surface area contributed by atoms with E-state index in [0.29, 0.717) is 0 Å². The number of rotatable bonds is 9. The lowest BCUT2D eigenvalue weighted by molar-refractivity contribution is 0.438. The average molecular weight is 287 g/mol. The van der Waals surface area contributed by atoms with Crippen LogP contribution in [-0.2, 0) is 0 Å². The van der Waals surface area contributed by atoms with E-state index in [1.165, 1.54) is 70.6 Å². The van der Waals surface area contributed by atoms with Gasteiger partial charge in [-0.05, 0) is 48.6 Å². The summed E-state index contributed by atoms with van der Waals surface area (Å²) in [7, 11) is 0. The molecule has 0 saturated carbocycles. The molecule has 2 rings (SSSR count). The number of unbranched alkanes of at least 4 members (excludes halogenated alkanes) is 6. The van der Waals surface area contributed by atoms with Gasteiger partial charge in [0.25, 0.3) is 0 Å². The second-order valence-electron chi connectivity index (χ2n) is 6.92. The van der Waals surface area contributed by atoms with Crippen LogP contribution < -0.4 is 0 Å². The van der Waals surface area contributed by atoms with Crippen molar-refractivity contribution in [1.82, 2.24) is 0 Å². The molecule has 0 bridgehead atoms. The maximum atomic E-state index is 2.41. The Kier molecular flexibility index (Phi) is 7.33. The Hall–Kier alpha value is -0.780. The molecular weight excluding hydrogens is 252 g/mol. The van der Waals surface area contributed by atoms with E-state index in [4.69, 9.17) is 0 Å². The van der Waals surface area contributed by atoms with Crippen LogP contribution in [0.25, 0.3) is 0 Å². The molecule has 0 aliphatic heterocycles. The summed E-state index contributed by atoms with van der Waals surface area (Å²) in [6, 6.07) is 9.27. The van der Waals surface area contributed by atoms with Gasteiger partial charge in [0, 0.05) is 0 Å². The minimum atomic E-state index is 0.825. The van der Waals surface area contributed by atoms with Crippen LogP contribution in [-0.4, -0.2) is 0 Å². The highest BCUT2D eigenvalue weighted by Crippen LogP contribution is 2.42. The third-order valence-corrected chi connectivity index (χ3v) is 5.39. The minimum Gasteiger partial charge on any atom is -0.0654 e. The van der Waals surface area contributed by atoms with E-state index >= 15 is 0 Å². The number of hydrogen-bond acceptors (Lipinski definition) is 0. The molecule has 1 aliphatic rings. The molecule has 0 amide bonds. The zero-order valence-electron chi connectivity index (χ0n) is 14.2. The van der Waals surface area contributed by atoms with E-state index in [1.807, 2.05) is 0 Å². The molecule has 0 nitrogen and oxygen atoms in total. The van der Waals surface area contributed by atoms with Crippen molar-refractivity contribution in [2.45, 2.75) is 96.3 Å². The SMILES string of the molecule is CCCCCCCCCC1CCC(CC)c2ccccc21. The largest absolute Gasteiger partial charge is 0.0654 e. The highest BCUT2D eigenvalue weighted by atomic mass is 14.3. The Bertz CT molecular complexity index is 393. The van der Waals surface area contributed by atoms with Crippen molar-refractivity contribution in [2.24, 2.45) is 0 Å². The van der Waals surface area contributed by atoms with Crippen LogP contribution in [0.1, 0.15) is 107 Å². The molecular formula is C21H34. The van der Waals surface area contributed by atoms with E-state index < -0.39 is 0 Å². The third kappa shape index (κ3) is 4.87. The van der Waals surface area contributed by atoms with Crippen LogP contribution >= 0.6 is 0 Å². The summed E-state index contributed by atoms with van der Waals surface area (Å²) in [5.74, 6) is 1.67. The van der Waals surface area contributed by atoms with Crippen LogP contribution in [0.15, 0.2) is 24.3 Å². The smallest absolute Gasteiger partial charge is 0.0159 e. The quantitative estimate of drug-likeness (QED) is 0.421. The normalized spacial score (nSPS) is 21.2. The lowest BCUT2D eigenvalue weighted by Gasteiger charge is -2.31. The fourth-order valence-electron chi connectivity index (χ4n) is 4.04. The number of benzene rings is 1. The van der Waals surface area contributed by atoms with Gasteiger partial charge in [-0.15, -0.1) is 0 Å². The van der Waals surface area contributed by atoms with Gasteiger partial charge in [0.2, 0.25) is 0 Å². The molecule has 2 atom stereocenters. The Morgan fingerprint density at radius 3 is 2.00 bits per heavy atom. The molecule has 1 aromatic rings. The van der Waals surface area contributed by atoms with Gasteiger partial charge in [-0.1, -0.05) is 83.1 Å². The van der Waals surface area contributed by atoms with Gasteiger partial charge >= 0.3 is 0 Å². The number of fused-ring (bicyclic) bond motifs is 1. The highest BCUT2D eigenvalue weighted by Gasteiger charge is 2.25. The molecule has 1 aromatic carbocycles. The molecule has 0 saturated heterocycles. The first-order chi connectivity index (χ1) is 10.4. The van der Waals surface area contributed by atoms with Gasteiger partial charge in [0.05, 0.1) is 0 Å². The fraction of sp³-hybridized carbons (Fsp3) is 0.714. The van der Waals surface area contributed by atoms with Gasteiger partial charge in [0.15, 0.2) is 0 Å². The molecule has 0 heterocycles. The standard InChI is InChI=1S/C21H34/c1-3-5-6-7-8-9-10-13-19-17-16-18(4-2)20-14-11-12-15-21(19)20/h11-12,14-15,18-19H,3-10,13,16-17H2,1-2H3. The van der Waals surface area contributed by atoms with Crippen LogP contribution in [0, 0.1) is 0 Å². The summed E-state index contributed by atoms with van der Waals surface area (Å²) in [5, 5.41) is 0.